The van der Waals surface area contributed by atoms with Crippen molar-refractivity contribution in [3.8, 4) is 5.75 Å². The fraction of sp³-hybridized carbons (Fsp3) is 0.121. The number of nitrogen functional groups attached to an aromatic ring is 1. The summed E-state index contributed by atoms with van der Waals surface area (Å²) in [5.74, 6) is -0.348. The normalized spacial score (nSPS) is 14.4. The fourth-order valence-corrected chi connectivity index (χ4v) is 6.17. The van der Waals surface area contributed by atoms with E-state index in [1.54, 1.807) is 41.3 Å². The molecule has 2 aromatic heterocycles. The molecule has 0 radical (unpaired) electrons. The molecule has 1 atom stereocenters. The van der Waals surface area contributed by atoms with E-state index in [-0.39, 0.29) is 17.7 Å². The van der Waals surface area contributed by atoms with E-state index in [2.05, 4.69) is 15.3 Å². The number of H-pyrrole nitrogens is 2. The van der Waals surface area contributed by atoms with Gasteiger partial charge in [0.2, 0.25) is 0 Å². The van der Waals surface area contributed by atoms with Crippen molar-refractivity contribution in [3.05, 3.63) is 95.8 Å². The molecule has 2 amide bonds. The molecule has 0 aliphatic carbocycles. The van der Waals surface area contributed by atoms with Crippen LogP contribution < -0.4 is 20.7 Å². The van der Waals surface area contributed by atoms with Crippen LogP contribution in [0.1, 0.15) is 39.4 Å². The number of halogens is 1. The fourth-order valence-electron chi connectivity index (χ4n) is 5.91. The molecule has 0 saturated carbocycles. The number of alkyl halides is 1. The van der Waals surface area contributed by atoms with Gasteiger partial charge in [0.05, 0.1) is 5.69 Å². The number of nitrogens with zero attached hydrogens (tertiary/aromatic N) is 1. The third kappa shape index (κ3) is 4.64. The molecule has 43 heavy (non-hydrogen) atoms. The molecule has 0 fully saturated rings. The molecule has 9 nitrogen and oxygen atoms in total. The van der Waals surface area contributed by atoms with Crippen LogP contribution in [0.25, 0.3) is 32.6 Å². The van der Waals surface area contributed by atoms with Crippen LogP contribution in [0.15, 0.2) is 78.9 Å². The largest absolute Gasteiger partial charge is 0.426 e. The van der Waals surface area contributed by atoms with Crippen molar-refractivity contribution in [2.24, 2.45) is 0 Å². The van der Waals surface area contributed by atoms with Gasteiger partial charge in [-0.1, -0.05) is 24.3 Å². The highest BCUT2D eigenvalue weighted by atomic mass is 35.5. The minimum atomic E-state index is -0.442. The second-order valence-electron chi connectivity index (χ2n) is 10.7. The Kier molecular flexibility index (Phi) is 6.32. The SMILES string of the molecule is CC(=O)Oc1cc2c(c3ccccc13)C(CCl)CN2C(=O)c1cc2cc(NC(=O)c3cc4cc(N)ccc4[nH]3)ccc2[nH]1. The number of aromatic nitrogens is 2. The summed E-state index contributed by atoms with van der Waals surface area (Å²) in [6, 6.07) is 23.7. The lowest BCUT2D eigenvalue weighted by molar-refractivity contribution is -0.131. The Morgan fingerprint density at radius 3 is 2.40 bits per heavy atom. The summed E-state index contributed by atoms with van der Waals surface area (Å²) in [5, 5.41) is 6.21. The van der Waals surface area contributed by atoms with E-state index in [0.717, 1.165) is 38.1 Å². The summed E-state index contributed by atoms with van der Waals surface area (Å²) in [4.78, 5) is 46.8. The number of carbonyl (C=O) groups excluding carboxylic acids is 3. The summed E-state index contributed by atoms with van der Waals surface area (Å²) in [6.45, 7) is 1.74. The lowest BCUT2D eigenvalue weighted by Gasteiger charge is -2.18. The number of ether oxygens (including phenoxy) is 1. The monoisotopic (exact) mass is 591 g/mol. The summed E-state index contributed by atoms with van der Waals surface area (Å²) in [5.41, 5.74) is 11.0. The average molecular weight is 592 g/mol. The number of amides is 2. The highest BCUT2D eigenvalue weighted by Gasteiger charge is 2.35. The van der Waals surface area contributed by atoms with Gasteiger partial charge >= 0.3 is 5.97 Å². The van der Waals surface area contributed by atoms with E-state index >= 15 is 0 Å². The lowest BCUT2D eigenvalue weighted by atomic mass is 9.95. The van der Waals surface area contributed by atoms with Gasteiger partial charge in [0.25, 0.3) is 11.8 Å². The molecule has 0 spiro atoms. The zero-order valence-electron chi connectivity index (χ0n) is 23.0. The summed E-state index contributed by atoms with van der Waals surface area (Å²) in [7, 11) is 0. The molecule has 6 aromatic rings. The van der Waals surface area contributed by atoms with Gasteiger partial charge in [-0.3, -0.25) is 14.4 Å². The molecule has 5 N–H and O–H groups in total. The van der Waals surface area contributed by atoms with Crippen molar-refractivity contribution in [1.29, 1.82) is 0 Å². The Morgan fingerprint density at radius 2 is 1.63 bits per heavy atom. The van der Waals surface area contributed by atoms with Crippen molar-refractivity contribution in [1.82, 2.24) is 9.97 Å². The molecular weight excluding hydrogens is 566 g/mol. The molecule has 1 aliphatic rings. The van der Waals surface area contributed by atoms with Crippen molar-refractivity contribution in [3.63, 3.8) is 0 Å². The highest BCUT2D eigenvalue weighted by Crippen LogP contribution is 2.46. The minimum Gasteiger partial charge on any atom is -0.426 e. The van der Waals surface area contributed by atoms with Crippen LogP contribution in [-0.4, -0.2) is 40.2 Å². The number of carbonyl (C=O) groups is 3. The number of hydrogen-bond donors (Lipinski definition) is 4. The van der Waals surface area contributed by atoms with E-state index in [4.69, 9.17) is 22.1 Å². The van der Waals surface area contributed by atoms with Crippen molar-refractivity contribution >= 4 is 79.0 Å². The maximum Gasteiger partial charge on any atom is 0.308 e. The lowest BCUT2D eigenvalue weighted by Crippen LogP contribution is -2.30. The third-order valence-electron chi connectivity index (χ3n) is 7.81. The summed E-state index contributed by atoms with van der Waals surface area (Å²) >= 11 is 6.40. The van der Waals surface area contributed by atoms with Gasteiger partial charge < -0.3 is 30.7 Å². The van der Waals surface area contributed by atoms with Gasteiger partial charge in [0, 0.05) is 69.9 Å². The molecular formula is C33H26ClN5O4. The summed E-state index contributed by atoms with van der Waals surface area (Å²) in [6.07, 6.45) is 0. The molecule has 1 aliphatic heterocycles. The number of esters is 1. The average Bonchev–Trinajstić information content (AvgIpc) is 3.71. The number of anilines is 3. The van der Waals surface area contributed by atoms with Crippen LogP contribution in [0.5, 0.6) is 5.75 Å². The number of aromatic amines is 2. The topological polar surface area (TPSA) is 133 Å². The van der Waals surface area contributed by atoms with Crippen LogP contribution in [0.2, 0.25) is 0 Å². The van der Waals surface area contributed by atoms with Gasteiger partial charge in [-0.05, 0) is 59.5 Å². The predicted molar refractivity (Wildman–Crippen MR) is 169 cm³/mol. The van der Waals surface area contributed by atoms with E-state index < -0.39 is 5.97 Å². The van der Waals surface area contributed by atoms with E-state index in [1.165, 1.54) is 6.92 Å². The maximum absolute atomic E-state index is 13.9. The molecule has 0 saturated heterocycles. The number of hydrogen-bond acceptors (Lipinski definition) is 5. The smallest absolute Gasteiger partial charge is 0.308 e. The number of nitrogens with two attached hydrogens (primary N) is 1. The Labute approximate surface area is 250 Å². The van der Waals surface area contributed by atoms with Crippen molar-refractivity contribution < 1.29 is 19.1 Å². The molecule has 7 rings (SSSR count). The Bertz CT molecular complexity index is 2110. The first-order valence-electron chi connectivity index (χ1n) is 13.7. The predicted octanol–water partition coefficient (Wildman–Crippen LogP) is 6.55. The molecule has 1 unspecified atom stereocenters. The van der Waals surface area contributed by atoms with Crippen molar-refractivity contribution in [2.45, 2.75) is 12.8 Å². The highest BCUT2D eigenvalue weighted by molar-refractivity contribution is 6.19. The van der Waals surface area contributed by atoms with Crippen LogP contribution in [0, 0.1) is 0 Å². The minimum absolute atomic E-state index is 0.0934. The second kappa shape index (κ2) is 10.2. The van der Waals surface area contributed by atoms with Crippen LogP contribution in [0.3, 0.4) is 0 Å². The first-order chi connectivity index (χ1) is 20.8. The Hall–Kier alpha value is -5.28. The summed E-state index contributed by atoms with van der Waals surface area (Å²) < 4.78 is 5.54. The molecule has 0 bridgehead atoms. The first-order valence-corrected chi connectivity index (χ1v) is 14.3. The van der Waals surface area contributed by atoms with Gasteiger partial charge in [-0.15, -0.1) is 11.6 Å². The number of benzene rings is 4. The van der Waals surface area contributed by atoms with E-state index in [0.29, 0.717) is 46.6 Å². The van der Waals surface area contributed by atoms with Gasteiger partial charge in [0.15, 0.2) is 0 Å². The molecule has 214 valence electrons. The zero-order valence-corrected chi connectivity index (χ0v) is 23.8. The molecule has 10 heteroatoms. The van der Waals surface area contributed by atoms with E-state index in [1.807, 2.05) is 42.5 Å². The van der Waals surface area contributed by atoms with Crippen LogP contribution in [-0.2, 0) is 4.79 Å². The number of fused-ring (bicyclic) bond motifs is 5. The molecule has 4 aromatic carbocycles. The molecule has 3 heterocycles. The first kappa shape index (κ1) is 26.6. The zero-order chi connectivity index (χ0) is 29.8. The Balaban J connectivity index is 1.19. The van der Waals surface area contributed by atoms with Gasteiger partial charge in [-0.25, -0.2) is 0 Å². The van der Waals surface area contributed by atoms with Gasteiger partial charge in [-0.2, -0.15) is 0 Å². The number of nitrogens with one attached hydrogen (secondary N) is 3. The maximum atomic E-state index is 13.9. The quantitative estimate of drug-likeness (QED) is 0.0781. The van der Waals surface area contributed by atoms with Crippen LogP contribution in [0.4, 0.5) is 17.1 Å². The second-order valence-corrected chi connectivity index (χ2v) is 11.0. The Morgan fingerprint density at radius 1 is 0.930 bits per heavy atom. The number of rotatable bonds is 5. The third-order valence-corrected chi connectivity index (χ3v) is 8.18. The van der Waals surface area contributed by atoms with Crippen molar-refractivity contribution in [2.75, 3.05) is 28.4 Å². The van der Waals surface area contributed by atoms with Gasteiger partial charge in [0.1, 0.15) is 17.1 Å². The standard InChI is InChI=1S/C33H26ClN5O4/c1-17(40)43-30-14-29-31(24-5-3-2-4-23(24)30)20(15-34)16-39(29)33(42)28-13-19-11-22(7-9-26(19)38-28)36-32(41)27-12-18-10-21(35)6-8-25(18)37-27/h2-14,20,37-38H,15-16,35H2,1H3,(H,36,41). The van der Waals surface area contributed by atoms with Crippen LogP contribution >= 0.6 is 11.6 Å². The van der Waals surface area contributed by atoms with E-state index in [9.17, 15) is 14.4 Å².